The standard InChI is InChI=1S/C34H38N4O4/c1-6-7-17-42-28-14-15-29(24(4)19-28)32-26(22-38(36-32)27-12-9-8-10-13-27)20-30-25(5)31(21-35)34(40)37(33(30)39)16-11-18-41-23(2)3/h8-10,12-15,19-20,22-23H,6-7,11,16-18H2,1-5H3/b30-20+. The van der Waals surface area contributed by atoms with Gasteiger partial charge in [-0.15, -0.1) is 0 Å². The molecule has 1 aliphatic rings. The smallest absolute Gasteiger partial charge is 0.271 e. The number of carbonyl (C=O) groups is 2. The molecule has 0 spiro atoms. The number of para-hydroxylation sites is 1. The monoisotopic (exact) mass is 566 g/mol. The molecule has 0 radical (unpaired) electrons. The van der Waals surface area contributed by atoms with E-state index in [2.05, 4.69) is 6.92 Å². The molecule has 0 aliphatic carbocycles. The van der Waals surface area contributed by atoms with Crippen molar-refractivity contribution in [2.24, 2.45) is 0 Å². The largest absolute Gasteiger partial charge is 0.494 e. The van der Waals surface area contributed by atoms with Crippen molar-refractivity contribution in [1.82, 2.24) is 14.7 Å². The number of benzene rings is 2. The van der Waals surface area contributed by atoms with Crippen LogP contribution in [0.25, 0.3) is 23.0 Å². The Morgan fingerprint density at radius 2 is 1.79 bits per heavy atom. The Balaban J connectivity index is 1.78. The molecular weight excluding hydrogens is 528 g/mol. The molecule has 42 heavy (non-hydrogen) atoms. The van der Waals surface area contributed by atoms with E-state index in [1.54, 1.807) is 17.7 Å². The van der Waals surface area contributed by atoms with Crippen LogP contribution in [-0.4, -0.2) is 52.4 Å². The highest BCUT2D eigenvalue weighted by Gasteiger charge is 2.35. The average molecular weight is 567 g/mol. The van der Waals surface area contributed by atoms with Crippen LogP contribution in [0, 0.1) is 18.3 Å². The van der Waals surface area contributed by atoms with Crippen molar-refractivity contribution < 1.29 is 19.1 Å². The van der Waals surface area contributed by atoms with Crippen molar-refractivity contribution in [3.63, 3.8) is 0 Å². The van der Waals surface area contributed by atoms with Crippen LogP contribution in [-0.2, 0) is 14.3 Å². The average Bonchev–Trinajstić information content (AvgIpc) is 3.39. The molecule has 4 rings (SSSR count). The molecule has 1 aliphatic heterocycles. The number of nitrogens with zero attached hydrogens (tertiary/aromatic N) is 4. The first kappa shape index (κ1) is 30.5. The Morgan fingerprint density at radius 1 is 1.02 bits per heavy atom. The van der Waals surface area contributed by atoms with Crippen LogP contribution in [0.2, 0.25) is 0 Å². The predicted octanol–water partition coefficient (Wildman–Crippen LogP) is 6.43. The summed E-state index contributed by atoms with van der Waals surface area (Å²) in [7, 11) is 0. The van der Waals surface area contributed by atoms with Crippen LogP contribution in [0.4, 0.5) is 0 Å². The molecular formula is C34H38N4O4. The third-order valence-electron chi connectivity index (χ3n) is 7.09. The van der Waals surface area contributed by atoms with E-state index in [0.717, 1.165) is 40.3 Å². The van der Waals surface area contributed by atoms with E-state index in [1.165, 1.54) is 0 Å². The second-order valence-corrected chi connectivity index (χ2v) is 10.6. The van der Waals surface area contributed by atoms with Gasteiger partial charge in [-0.05, 0) is 88.1 Å². The Hall–Kier alpha value is -4.48. The fourth-order valence-corrected chi connectivity index (χ4v) is 4.77. The van der Waals surface area contributed by atoms with Crippen molar-refractivity contribution in [2.45, 2.75) is 60.0 Å². The van der Waals surface area contributed by atoms with Crippen molar-refractivity contribution >= 4 is 17.9 Å². The fourth-order valence-electron chi connectivity index (χ4n) is 4.77. The number of aromatic nitrogens is 2. The Bertz CT molecular complexity index is 1540. The maximum absolute atomic E-state index is 13.7. The van der Waals surface area contributed by atoms with Gasteiger partial charge < -0.3 is 9.47 Å². The minimum Gasteiger partial charge on any atom is -0.494 e. The number of hydrogen-bond acceptors (Lipinski definition) is 6. The molecule has 0 unspecified atom stereocenters. The first-order chi connectivity index (χ1) is 20.2. The lowest BCUT2D eigenvalue weighted by atomic mass is 9.92. The summed E-state index contributed by atoms with van der Waals surface area (Å²) in [5.41, 5.74) is 4.72. The van der Waals surface area contributed by atoms with E-state index in [0.29, 0.717) is 42.0 Å². The normalized spacial score (nSPS) is 14.7. The van der Waals surface area contributed by atoms with Gasteiger partial charge in [0.2, 0.25) is 0 Å². The third kappa shape index (κ3) is 6.87. The molecule has 0 bridgehead atoms. The third-order valence-corrected chi connectivity index (χ3v) is 7.09. The summed E-state index contributed by atoms with van der Waals surface area (Å²) < 4.78 is 13.3. The van der Waals surface area contributed by atoms with Crippen molar-refractivity contribution in [3.05, 3.63) is 82.6 Å². The van der Waals surface area contributed by atoms with E-state index in [4.69, 9.17) is 14.6 Å². The van der Waals surface area contributed by atoms with Crippen LogP contribution in [0.3, 0.4) is 0 Å². The van der Waals surface area contributed by atoms with E-state index >= 15 is 0 Å². The van der Waals surface area contributed by atoms with E-state index in [-0.39, 0.29) is 18.2 Å². The summed E-state index contributed by atoms with van der Waals surface area (Å²) in [5, 5.41) is 14.8. The molecule has 3 aromatic rings. The summed E-state index contributed by atoms with van der Waals surface area (Å²) in [6.45, 7) is 10.9. The molecule has 2 heterocycles. The van der Waals surface area contributed by atoms with Gasteiger partial charge in [-0.25, -0.2) is 4.68 Å². The van der Waals surface area contributed by atoms with E-state index in [1.807, 2.05) is 81.6 Å². The maximum Gasteiger partial charge on any atom is 0.271 e. The van der Waals surface area contributed by atoms with Crippen molar-refractivity contribution in [3.8, 4) is 28.8 Å². The highest BCUT2D eigenvalue weighted by molar-refractivity contribution is 6.19. The number of aryl methyl sites for hydroxylation is 1. The van der Waals surface area contributed by atoms with Crippen LogP contribution < -0.4 is 4.74 Å². The molecule has 0 saturated carbocycles. The summed E-state index contributed by atoms with van der Waals surface area (Å²) in [6, 6.07) is 17.6. The number of hydrogen-bond donors (Lipinski definition) is 0. The first-order valence-electron chi connectivity index (χ1n) is 14.4. The summed E-state index contributed by atoms with van der Waals surface area (Å²) >= 11 is 0. The van der Waals surface area contributed by atoms with Crippen molar-refractivity contribution in [2.75, 3.05) is 19.8 Å². The highest BCUT2D eigenvalue weighted by atomic mass is 16.5. The number of rotatable bonds is 12. The molecule has 218 valence electrons. The first-order valence-corrected chi connectivity index (χ1v) is 14.4. The minimum absolute atomic E-state index is 0.0348. The van der Waals surface area contributed by atoms with Crippen LogP contribution in [0.1, 0.15) is 58.1 Å². The van der Waals surface area contributed by atoms with Crippen molar-refractivity contribution in [1.29, 1.82) is 5.26 Å². The van der Waals surface area contributed by atoms with Gasteiger partial charge >= 0.3 is 0 Å². The Labute approximate surface area is 247 Å². The quantitative estimate of drug-likeness (QED) is 0.142. The molecule has 0 atom stereocenters. The van der Waals surface area contributed by atoms with Gasteiger partial charge in [0, 0.05) is 36.0 Å². The van der Waals surface area contributed by atoms with Gasteiger partial charge in [-0.1, -0.05) is 31.5 Å². The van der Waals surface area contributed by atoms with Gasteiger partial charge in [-0.3, -0.25) is 14.5 Å². The molecule has 0 saturated heterocycles. The number of unbranched alkanes of at least 4 members (excludes halogenated alkanes) is 1. The Morgan fingerprint density at radius 3 is 2.45 bits per heavy atom. The summed E-state index contributed by atoms with van der Waals surface area (Å²) in [6.07, 6.45) is 6.17. The topological polar surface area (TPSA) is 97.4 Å². The Kier molecular flexibility index (Phi) is 10.1. The molecule has 2 amide bonds. The fraction of sp³-hybridized carbons (Fsp3) is 0.353. The van der Waals surface area contributed by atoms with Crippen LogP contribution in [0.15, 0.2) is 71.4 Å². The number of nitriles is 1. The van der Waals surface area contributed by atoms with E-state index in [9.17, 15) is 14.9 Å². The molecule has 0 fully saturated rings. The number of ether oxygens (including phenoxy) is 2. The number of imide groups is 1. The van der Waals surface area contributed by atoms with Gasteiger partial charge in [0.25, 0.3) is 11.8 Å². The molecule has 1 aromatic heterocycles. The molecule has 8 heteroatoms. The lowest BCUT2D eigenvalue weighted by Gasteiger charge is -2.27. The lowest BCUT2D eigenvalue weighted by molar-refractivity contribution is -0.140. The van der Waals surface area contributed by atoms with Gasteiger partial charge in [0.15, 0.2) is 0 Å². The zero-order chi connectivity index (χ0) is 30.2. The molecule has 8 nitrogen and oxygen atoms in total. The van der Waals surface area contributed by atoms with Gasteiger partial charge in [0.1, 0.15) is 23.1 Å². The number of amides is 2. The maximum atomic E-state index is 13.7. The second kappa shape index (κ2) is 13.9. The zero-order valence-electron chi connectivity index (χ0n) is 25.0. The summed E-state index contributed by atoms with van der Waals surface area (Å²) in [5.74, 6) is -0.213. The molecule has 2 aromatic carbocycles. The van der Waals surface area contributed by atoms with Crippen LogP contribution in [0.5, 0.6) is 5.75 Å². The van der Waals surface area contributed by atoms with E-state index < -0.39 is 11.8 Å². The predicted molar refractivity (Wildman–Crippen MR) is 163 cm³/mol. The lowest BCUT2D eigenvalue weighted by Crippen LogP contribution is -2.43. The number of carbonyl (C=O) groups excluding carboxylic acids is 2. The van der Waals surface area contributed by atoms with Gasteiger partial charge in [0.05, 0.1) is 18.4 Å². The summed E-state index contributed by atoms with van der Waals surface area (Å²) in [4.78, 5) is 27.9. The molecule has 0 N–H and O–H groups in total. The SMILES string of the molecule is CCCCOc1ccc(-c2nn(-c3ccccc3)cc2/C=C2/C(=O)N(CCCOC(C)C)C(=O)C(C#N)=C2C)c(C)c1. The highest BCUT2D eigenvalue weighted by Crippen LogP contribution is 2.33. The van der Waals surface area contributed by atoms with Crippen LogP contribution >= 0.6 is 0 Å². The zero-order valence-corrected chi connectivity index (χ0v) is 25.0. The second-order valence-electron chi connectivity index (χ2n) is 10.6. The van der Waals surface area contributed by atoms with Gasteiger partial charge in [-0.2, -0.15) is 10.4 Å². The minimum atomic E-state index is -0.573.